The van der Waals surface area contributed by atoms with Crippen molar-refractivity contribution in [1.29, 1.82) is 0 Å². The number of benzene rings is 3. The molecule has 11 nitrogen and oxygen atoms in total. The first-order valence-corrected chi connectivity index (χ1v) is 14.8. The number of halogens is 1. The van der Waals surface area contributed by atoms with Crippen molar-refractivity contribution in [3.8, 4) is 16.8 Å². The molecule has 1 amide bonds. The van der Waals surface area contributed by atoms with Crippen LogP contribution in [0.25, 0.3) is 22.9 Å². The SMILES string of the molecule is O=C(/C=C/c1cc(Cl)ccc1-n1cnnn1)N[C@@H](Cc1ccccc1)c1cc(-c2ccc(CC(=O)OC3CNC3)cc2)cnn1. The maximum absolute atomic E-state index is 13.3. The standard InChI is InChI=1S/C33H29ClN8O3/c34-27-11-12-31(42-21-37-40-41-42)25(16-27)10-13-32(43)38-29(14-22-4-2-1-3-5-22)30-17-26(18-36-39-30)24-8-6-23(7-9-24)15-33(44)45-28-19-35-20-28/h1-13,16-18,21,28-29,35H,14-15,19-20H2,(H,38,43)/b13-10+/t29-/m0/s1. The van der Waals surface area contributed by atoms with E-state index >= 15 is 0 Å². The van der Waals surface area contributed by atoms with E-state index in [2.05, 4.69) is 36.4 Å². The lowest BCUT2D eigenvalue weighted by Crippen LogP contribution is -2.49. The van der Waals surface area contributed by atoms with Crippen LogP contribution in [0.2, 0.25) is 5.02 Å². The number of aromatic nitrogens is 6. The molecule has 0 saturated carbocycles. The number of hydrogen-bond acceptors (Lipinski definition) is 9. The predicted octanol–water partition coefficient (Wildman–Crippen LogP) is 3.94. The maximum Gasteiger partial charge on any atom is 0.310 e. The summed E-state index contributed by atoms with van der Waals surface area (Å²) in [5, 5.41) is 26.7. The van der Waals surface area contributed by atoms with Crippen LogP contribution in [0.4, 0.5) is 0 Å². The van der Waals surface area contributed by atoms with Gasteiger partial charge in [0.05, 0.1) is 30.0 Å². The second kappa shape index (κ2) is 14.0. The van der Waals surface area contributed by atoms with E-state index in [-0.39, 0.29) is 24.4 Å². The van der Waals surface area contributed by atoms with Crippen LogP contribution >= 0.6 is 11.6 Å². The molecule has 1 atom stereocenters. The molecular formula is C33H29ClN8O3. The monoisotopic (exact) mass is 620 g/mol. The van der Waals surface area contributed by atoms with E-state index in [1.807, 2.05) is 60.7 Å². The number of carbonyl (C=O) groups is 2. The number of esters is 1. The van der Waals surface area contributed by atoms with Crippen molar-refractivity contribution in [2.75, 3.05) is 13.1 Å². The van der Waals surface area contributed by atoms with E-state index in [0.717, 1.165) is 22.3 Å². The number of nitrogens with zero attached hydrogens (tertiary/aromatic N) is 6. The van der Waals surface area contributed by atoms with Gasteiger partial charge in [0.1, 0.15) is 12.4 Å². The molecule has 6 rings (SSSR count). The van der Waals surface area contributed by atoms with Crippen molar-refractivity contribution in [3.05, 3.63) is 125 Å². The summed E-state index contributed by atoms with van der Waals surface area (Å²) in [6.07, 6.45) is 6.93. The number of tetrazole rings is 1. The zero-order valence-corrected chi connectivity index (χ0v) is 24.8. The molecule has 1 saturated heterocycles. The Kier molecular flexibility index (Phi) is 9.28. The summed E-state index contributed by atoms with van der Waals surface area (Å²) < 4.78 is 6.92. The Balaban J connectivity index is 1.20. The fraction of sp³-hybridized carbons (Fsp3) is 0.182. The van der Waals surface area contributed by atoms with Crippen LogP contribution in [0.1, 0.15) is 28.4 Å². The molecule has 2 N–H and O–H groups in total. The third kappa shape index (κ3) is 7.83. The van der Waals surface area contributed by atoms with Crippen molar-refractivity contribution in [3.63, 3.8) is 0 Å². The topological polar surface area (TPSA) is 137 Å². The van der Waals surface area contributed by atoms with Crippen molar-refractivity contribution >= 4 is 29.6 Å². The summed E-state index contributed by atoms with van der Waals surface area (Å²) in [7, 11) is 0. The van der Waals surface area contributed by atoms with Crippen LogP contribution in [-0.2, 0) is 27.2 Å². The second-order valence-corrected chi connectivity index (χ2v) is 11.0. The fourth-order valence-electron chi connectivity index (χ4n) is 4.87. The Bertz CT molecular complexity index is 1790. The van der Waals surface area contributed by atoms with E-state index in [4.69, 9.17) is 16.3 Å². The van der Waals surface area contributed by atoms with Gasteiger partial charge in [-0.3, -0.25) is 9.59 Å². The minimum absolute atomic E-state index is 0.0376. The summed E-state index contributed by atoms with van der Waals surface area (Å²) in [6, 6.07) is 24.2. The van der Waals surface area contributed by atoms with Crippen molar-refractivity contribution < 1.29 is 14.3 Å². The summed E-state index contributed by atoms with van der Waals surface area (Å²) in [6.45, 7) is 1.41. The number of carbonyl (C=O) groups excluding carboxylic acids is 2. The quantitative estimate of drug-likeness (QED) is 0.166. The lowest BCUT2D eigenvalue weighted by molar-refractivity contribution is -0.150. The molecule has 5 aromatic rings. The minimum atomic E-state index is -0.467. The van der Waals surface area contributed by atoms with Gasteiger partial charge in [-0.2, -0.15) is 14.9 Å². The highest BCUT2D eigenvalue weighted by atomic mass is 35.5. The van der Waals surface area contributed by atoms with Crippen molar-refractivity contribution in [2.24, 2.45) is 0 Å². The van der Waals surface area contributed by atoms with Crippen LogP contribution in [0.3, 0.4) is 0 Å². The maximum atomic E-state index is 13.3. The Morgan fingerprint density at radius 1 is 1.00 bits per heavy atom. The van der Waals surface area contributed by atoms with Gasteiger partial charge in [-0.25, -0.2) is 0 Å². The molecule has 1 aliphatic heterocycles. The Hall–Kier alpha value is -5.26. The van der Waals surface area contributed by atoms with Crippen LogP contribution in [0, 0.1) is 0 Å². The number of rotatable bonds is 11. The molecule has 0 radical (unpaired) electrons. The Labute approximate surface area is 264 Å². The molecule has 0 aliphatic carbocycles. The highest BCUT2D eigenvalue weighted by Gasteiger charge is 2.21. The molecule has 1 fully saturated rings. The molecule has 12 heteroatoms. The van der Waals surface area contributed by atoms with E-state index in [1.54, 1.807) is 30.5 Å². The average molecular weight is 621 g/mol. The molecule has 3 aromatic carbocycles. The van der Waals surface area contributed by atoms with E-state index in [0.29, 0.717) is 41.5 Å². The number of hydrogen-bond donors (Lipinski definition) is 2. The van der Waals surface area contributed by atoms with Crippen LogP contribution in [-0.4, -0.2) is 61.5 Å². The Morgan fingerprint density at radius 2 is 1.82 bits per heavy atom. The van der Waals surface area contributed by atoms with Gasteiger partial charge in [0.25, 0.3) is 0 Å². The van der Waals surface area contributed by atoms with E-state index in [1.165, 1.54) is 17.1 Å². The second-order valence-electron chi connectivity index (χ2n) is 10.6. The van der Waals surface area contributed by atoms with Crippen molar-refractivity contribution in [2.45, 2.75) is 25.0 Å². The highest BCUT2D eigenvalue weighted by molar-refractivity contribution is 6.30. The highest BCUT2D eigenvalue weighted by Crippen LogP contribution is 2.25. The summed E-state index contributed by atoms with van der Waals surface area (Å²) >= 11 is 6.24. The molecule has 0 bridgehead atoms. The molecular weight excluding hydrogens is 592 g/mol. The summed E-state index contributed by atoms with van der Waals surface area (Å²) in [4.78, 5) is 25.5. The summed E-state index contributed by atoms with van der Waals surface area (Å²) in [5.74, 6) is -0.558. The van der Waals surface area contributed by atoms with Crippen molar-refractivity contribution in [1.82, 2.24) is 41.0 Å². The Morgan fingerprint density at radius 3 is 2.56 bits per heavy atom. The first-order chi connectivity index (χ1) is 22.0. The smallest absolute Gasteiger partial charge is 0.310 e. The molecule has 0 spiro atoms. The fourth-order valence-corrected chi connectivity index (χ4v) is 5.05. The first-order valence-electron chi connectivity index (χ1n) is 14.4. The van der Waals surface area contributed by atoms with E-state index < -0.39 is 6.04 Å². The van der Waals surface area contributed by atoms with Gasteiger partial charge in [0, 0.05) is 35.3 Å². The molecule has 1 aliphatic rings. The largest absolute Gasteiger partial charge is 0.459 e. The molecule has 0 unspecified atom stereocenters. The molecule has 3 heterocycles. The van der Waals surface area contributed by atoms with Gasteiger partial charge in [0.15, 0.2) is 0 Å². The van der Waals surface area contributed by atoms with Gasteiger partial charge < -0.3 is 15.4 Å². The summed E-state index contributed by atoms with van der Waals surface area (Å²) in [5.41, 5.74) is 5.59. The van der Waals surface area contributed by atoms with Gasteiger partial charge >= 0.3 is 5.97 Å². The minimum Gasteiger partial charge on any atom is -0.459 e. The number of amides is 1. The normalized spacial score (nSPS) is 13.7. The predicted molar refractivity (Wildman–Crippen MR) is 168 cm³/mol. The third-order valence-corrected chi connectivity index (χ3v) is 7.54. The zero-order valence-electron chi connectivity index (χ0n) is 24.1. The van der Waals surface area contributed by atoms with Crippen LogP contribution in [0.15, 0.2) is 97.5 Å². The van der Waals surface area contributed by atoms with Gasteiger partial charge in [-0.15, -0.1) is 5.10 Å². The third-order valence-electron chi connectivity index (χ3n) is 7.31. The zero-order chi connectivity index (χ0) is 31.0. The van der Waals surface area contributed by atoms with Crippen LogP contribution in [0.5, 0.6) is 0 Å². The lowest BCUT2D eigenvalue weighted by atomic mass is 9.99. The van der Waals surface area contributed by atoms with Crippen LogP contribution < -0.4 is 10.6 Å². The van der Waals surface area contributed by atoms with Gasteiger partial charge in [-0.1, -0.05) is 66.2 Å². The molecule has 45 heavy (non-hydrogen) atoms. The number of ether oxygens (including phenoxy) is 1. The molecule has 2 aromatic heterocycles. The van der Waals surface area contributed by atoms with Gasteiger partial charge in [0.2, 0.25) is 5.91 Å². The first kappa shape index (κ1) is 29.8. The lowest BCUT2D eigenvalue weighted by Gasteiger charge is -2.26. The molecule has 226 valence electrons. The van der Waals surface area contributed by atoms with Gasteiger partial charge in [-0.05, 0) is 63.9 Å². The average Bonchev–Trinajstić information content (AvgIpc) is 3.57. The number of nitrogens with one attached hydrogen (secondary N) is 2. The van der Waals surface area contributed by atoms with E-state index in [9.17, 15) is 9.59 Å².